The molecule has 144 valence electrons. The zero-order valence-corrected chi connectivity index (χ0v) is 16.5. The monoisotopic (exact) mass is 365 g/mol. The van der Waals surface area contributed by atoms with E-state index in [9.17, 15) is 4.79 Å². The molecule has 0 radical (unpaired) electrons. The lowest BCUT2D eigenvalue weighted by molar-refractivity contribution is -0.121. The van der Waals surface area contributed by atoms with E-state index in [1.54, 1.807) is 0 Å². The Bertz CT molecular complexity index is 702. The Balaban J connectivity index is 1.72. The molecule has 1 aromatic heterocycles. The van der Waals surface area contributed by atoms with Gasteiger partial charge in [-0.2, -0.15) is 0 Å². The van der Waals surface area contributed by atoms with E-state index in [1.165, 1.54) is 6.42 Å². The molecule has 0 aliphatic carbocycles. The standard InChI is InChI=1S/C23H31N3O/c1-18(2)16-26-14-8-11-20(17-26)23(21-12-6-7-13-24-21)25-22(27)15-19-9-4-3-5-10-19/h3-7,9-10,12-13,18,20,23H,8,11,14-17H2,1-2H3,(H,25,27)/t20-,23+/m1/s1. The van der Waals surface area contributed by atoms with Crippen LogP contribution in [0.1, 0.15) is 44.0 Å². The van der Waals surface area contributed by atoms with Crippen molar-refractivity contribution in [3.63, 3.8) is 0 Å². The Morgan fingerprint density at radius 1 is 1.19 bits per heavy atom. The van der Waals surface area contributed by atoms with Crippen molar-refractivity contribution in [2.24, 2.45) is 11.8 Å². The van der Waals surface area contributed by atoms with Gasteiger partial charge in [-0.25, -0.2) is 0 Å². The zero-order valence-electron chi connectivity index (χ0n) is 16.5. The third-order valence-corrected chi connectivity index (χ3v) is 5.17. The van der Waals surface area contributed by atoms with Crippen LogP contribution in [0.2, 0.25) is 0 Å². The molecule has 1 fully saturated rings. The summed E-state index contributed by atoms with van der Waals surface area (Å²) < 4.78 is 0. The van der Waals surface area contributed by atoms with Gasteiger partial charge in [-0.1, -0.05) is 50.2 Å². The number of rotatable bonds is 7. The number of aromatic nitrogens is 1. The first kappa shape index (κ1) is 19.6. The molecule has 2 heterocycles. The highest BCUT2D eigenvalue weighted by atomic mass is 16.1. The van der Waals surface area contributed by atoms with Crippen LogP contribution in [0.4, 0.5) is 0 Å². The lowest BCUT2D eigenvalue weighted by atomic mass is 9.88. The van der Waals surface area contributed by atoms with Gasteiger partial charge in [0.25, 0.3) is 0 Å². The highest BCUT2D eigenvalue weighted by molar-refractivity contribution is 5.79. The van der Waals surface area contributed by atoms with Gasteiger partial charge in [0.05, 0.1) is 18.2 Å². The zero-order chi connectivity index (χ0) is 19.1. The number of likely N-dealkylation sites (tertiary alicyclic amines) is 1. The molecule has 2 aromatic rings. The first-order valence-corrected chi connectivity index (χ1v) is 10.1. The van der Waals surface area contributed by atoms with E-state index >= 15 is 0 Å². The molecule has 1 saturated heterocycles. The minimum atomic E-state index is -0.0302. The molecule has 0 bridgehead atoms. The second-order valence-corrected chi connectivity index (χ2v) is 8.02. The summed E-state index contributed by atoms with van der Waals surface area (Å²) in [6, 6.07) is 15.9. The Morgan fingerprint density at radius 2 is 1.96 bits per heavy atom. The summed E-state index contributed by atoms with van der Waals surface area (Å²) in [4.78, 5) is 19.9. The largest absolute Gasteiger partial charge is 0.347 e. The molecular weight excluding hydrogens is 334 g/mol. The lowest BCUT2D eigenvalue weighted by Crippen LogP contribution is -2.44. The van der Waals surface area contributed by atoms with Crippen molar-refractivity contribution in [3.05, 3.63) is 66.0 Å². The van der Waals surface area contributed by atoms with Crippen molar-refractivity contribution in [1.82, 2.24) is 15.2 Å². The quantitative estimate of drug-likeness (QED) is 0.811. The van der Waals surface area contributed by atoms with Crippen LogP contribution < -0.4 is 5.32 Å². The molecule has 1 aromatic carbocycles. The fourth-order valence-corrected chi connectivity index (χ4v) is 4.04. The molecule has 2 atom stereocenters. The predicted molar refractivity (Wildman–Crippen MR) is 109 cm³/mol. The predicted octanol–water partition coefficient (Wildman–Crippen LogP) is 3.85. The molecule has 1 amide bonds. The van der Waals surface area contributed by atoms with Gasteiger partial charge in [-0.3, -0.25) is 9.78 Å². The number of hydrogen-bond donors (Lipinski definition) is 1. The van der Waals surface area contributed by atoms with Crippen molar-refractivity contribution in [2.45, 2.75) is 39.2 Å². The van der Waals surface area contributed by atoms with Crippen LogP contribution in [0.5, 0.6) is 0 Å². The number of piperidine rings is 1. The van der Waals surface area contributed by atoms with Crippen molar-refractivity contribution in [2.75, 3.05) is 19.6 Å². The van der Waals surface area contributed by atoms with Crippen LogP contribution in [-0.2, 0) is 11.2 Å². The number of amides is 1. The van der Waals surface area contributed by atoms with Gasteiger partial charge in [0.2, 0.25) is 5.91 Å². The Morgan fingerprint density at radius 3 is 2.67 bits per heavy atom. The van der Waals surface area contributed by atoms with Crippen LogP contribution in [0.15, 0.2) is 54.7 Å². The molecule has 3 rings (SSSR count). The summed E-state index contributed by atoms with van der Waals surface area (Å²) in [5, 5.41) is 3.30. The maximum atomic E-state index is 12.7. The van der Waals surface area contributed by atoms with Gasteiger partial charge >= 0.3 is 0 Å². The summed E-state index contributed by atoms with van der Waals surface area (Å²) in [7, 11) is 0. The molecule has 0 saturated carbocycles. The van der Waals surface area contributed by atoms with Crippen LogP contribution in [0.25, 0.3) is 0 Å². The van der Waals surface area contributed by atoms with Gasteiger partial charge in [-0.15, -0.1) is 0 Å². The molecule has 1 aliphatic heterocycles. The summed E-state index contributed by atoms with van der Waals surface area (Å²) in [6.07, 6.45) is 4.53. The van der Waals surface area contributed by atoms with Gasteiger partial charge in [0, 0.05) is 19.3 Å². The van der Waals surface area contributed by atoms with E-state index in [1.807, 2.05) is 54.7 Å². The highest BCUT2D eigenvalue weighted by Crippen LogP contribution is 2.29. The third kappa shape index (κ3) is 5.90. The van der Waals surface area contributed by atoms with Crippen LogP contribution >= 0.6 is 0 Å². The van der Waals surface area contributed by atoms with Gasteiger partial charge in [0.15, 0.2) is 0 Å². The highest BCUT2D eigenvalue weighted by Gasteiger charge is 2.30. The van der Waals surface area contributed by atoms with E-state index in [0.717, 1.165) is 37.3 Å². The van der Waals surface area contributed by atoms with Gasteiger partial charge < -0.3 is 10.2 Å². The fraction of sp³-hybridized carbons (Fsp3) is 0.478. The third-order valence-electron chi connectivity index (χ3n) is 5.17. The molecule has 0 unspecified atom stereocenters. The number of nitrogens with one attached hydrogen (secondary N) is 1. The first-order chi connectivity index (χ1) is 13.1. The second-order valence-electron chi connectivity index (χ2n) is 8.02. The smallest absolute Gasteiger partial charge is 0.224 e. The molecule has 4 nitrogen and oxygen atoms in total. The summed E-state index contributed by atoms with van der Waals surface area (Å²) in [6.45, 7) is 7.82. The lowest BCUT2D eigenvalue weighted by Gasteiger charge is -2.37. The number of nitrogens with zero attached hydrogens (tertiary/aromatic N) is 2. The summed E-state index contributed by atoms with van der Waals surface area (Å²) in [5.74, 6) is 1.12. The Labute approximate surface area is 163 Å². The number of benzene rings is 1. The van der Waals surface area contributed by atoms with E-state index in [4.69, 9.17) is 0 Å². The van der Waals surface area contributed by atoms with Gasteiger partial charge in [-0.05, 0) is 48.9 Å². The molecule has 27 heavy (non-hydrogen) atoms. The molecule has 4 heteroatoms. The number of carbonyl (C=O) groups is 1. The average Bonchev–Trinajstić information content (AvgIpc) is 2.67. The van der Waals surface area contributed by atoms with Crippen molar-refractivity contribution in [3.8, 4) is 0 Å². The van der Waals surface area contributed by atoms with Crippen molar-refractivity contribution >= 4 is 5.91 Å². The van der Waals surface area contributed by atoms with E-state index < -0.39 is 0 Å². The topological polar surface area (TPSA) is 45.2 Å². The van der Waals surface area contributed by atoms with E-state index in [2.05, 4.69) is 29.0 Å². The minimum Gasteiger partial charge on any atom is -0.347 e. The fourth-order valence-electron chi connectivity index (χ4n) is 4.04. The number of pyridine rings is 1. The SMILES string of the molecule is CC(C)CN1CCC[C@@H]([C@H](NC(=O)Cc2ccccc2)c2ccccn2)C1. The van der Waals surface area contributed by atoms with Crippen molar-refractivity contribution < 1.29 is 4.79 Å². The van der Waals surface area contributed by atoms with E-state index in [-0.39, 0.29) is 11.9 Å². The summed E-state index contributed by atoms with van der Waals surface area (Å²) in [5.41, 5.74) is 2.01. The van der Waals surface area contributed by atoms with Crippen LogP contribution in [-0.4, -0.2) is 35.4 Å². The van der Waals surface area contributed by atoms with E-state index in [0.29, 0.717) is 18.3 Å². The Kier molecular flexibility index (Phi) is 6.99. The maximum absolute atomic E-state index is 12.7. The molecule has 1 N–H and O–H groups in total. The molecule has 0 spiro atoms. The second kappa shape index (κ2) is 9.65. The first-order valence-electron chi connectivity index (χ1n) is 10.1. The number of hydrogen-bond acceptors (Lipinski definition) is 3. The van der Waals surface area contributed by atoms with Crippen LogP contribution in [0.3, 0.4) is 0 Å². The summed E-state index contributed by atoms with van der Waals surface area (Å²) >= 11 is 0. The molecular formula is C23H31N3O. The Hall–Kier alpha value is -2.20. The van der Waals surface area contributed by atoms with Crippen LogP contribution in [0, 0.1) is 11.8 Å². The number of carbonyl (C=O) groups excluding carboxylic acids is 1. The molecule has 1 aliphatic rings. The normalized spacial score (nSPS) is 19.0. The maximum Gasteiger partial charge on any atom is 0.224 e. The average molecular weight is 366 g/mol. The van der Waals surface area contributed by atoms with Crippen molar-refractivity contribution in [1.29, 1.82) is 0 Å². The minimum absolute atomic E-state index is 0.0302. The van der Waals surface area contributed by atoms with Gasteiger partial charge in [0.1, 0.15) is 0 Å².